The van der Waals surface area contributed by atoms with Crippen molar-refractivity contribution in [3.63, 3.8) is 0 Å². The van der Waals surface area contributed by atoms with Gasteiger partial charge in [0.25, 0.3) is 11.7 Å². The molecule has 3 N–H and O–H groups in total. The number of hydrogen-bond acceptors (Lipinski definition) is 3. The Morgan fingerprint density at radius 1 is 1.10 bits per heavy atom. The molecule has 0 saturated carbocycles. The number of aromatic amines is 1. The van der Waals surface area contributed by atoms with Gasteiger partial charge in [-0.2, -0.15) is 13.2 Å². The van der Waals surface area contributed by atoms with Crippen LogP contribution in [-0.2, 0) is 11.0 Å². The van der Waals surface area contributed by atoms with Crippen LogP contribution in [0.5, 0.6) is 0 Å². The van der Waals surface area contributed by atoms with Crippen LogP contribution in [0, 0.1) is 0 Å². The molecule has 30 heavy (non-hydrogen) atoms. The molecule has 0 unspecified atom stereocenters. The zero-order valence-corrected chi connectivity index (χ0v) is 16.8. The molecule has 160 valence electrons. The number of carbonyl (C=O) groups excluding carboxylic acids is 2. The molecule has 2 aromatic rings. The summed E-state index contributed by atoms with van der Waals surface area (Å²) in [4.78, 5) is 29.7. The van der Waals surface area contributed by atoms with Crippen LogP contribution in [0.2, 0.25) is 0 Å². The van der Waals surface area contributed by atoms with Gasteiger partial charge >= 0.3 is 6.18 Å². The Balaban J connectivity index is 1.53. The summed E-state index contributed by atoms with van der Waals surface area (Å²) in [7, 11) is 0. The number of aromatic nitrogens is 1. The topological polar surface area (TPSA) is 68.0 Å². The maximum Gasteiger partial charge on any atom is 0.419 e. The molecule has 1 saturated heterocycles. The molecule has 1 aliphatic heterocycles. The van der Waals surface area contributed by atoms with Gasteiger partial charge in [-0.1, -0.05) is 0 Å². The molecule has 9 heteroatoms. The summed E-state index contributed by atoms with van der Waals surface area (Å²) in [5.41, 5.74) is 0.509. The smallest absolute Gasteiger partial charge is 0.321 e. The first-order valence-corrected chi connectivity index (χ1v) is 9.75. The van der Waals surface area contributed by atoms with Gasteiger partial charge in [0.1, 0.15) is 32.4 Å². The van der Waals surface area contributed by atoms with Gasteiger partial charge in [0.15, 0.2) is 11.8 Å². The first-order chi connectivity index (χ1) is 14.1. The van der Waals surface area contributed by atoms with E-state index in [1.165, 1.54) is 13.0 Å². The third kappa shape index (κ3) is 5.15. The van der Waals surface area contributed by atoms with Crippen molar-refractivity contribution in [2.45, 2.75) is 26.1 Å². The third-order valence-corrected chi connectivity index (χ3v) is 5.43. The second kappa shape index (κ2) is 8.83. The predicted octanol–water partition coefficient (Wildman–Crippen LogP) is 1.45. The molecule has 1 amide bonds. The van der Waals surface area contributed by atoms with Gasteiger partial charge in [-0.25, -0.2) is 4.98 Å². The lowest BCUT2D eigenvalue weighted by molar-refractivity contribution is -0.914. The number of quaternary nitrogens is 1. The Labute approximate surface area is 172 Å². The van der Waals surface area contributed by atoms with E-state index in [0.29, 0.717) is 43.2 Å². The number of piperazine rings is 1. The largest absolute Gasteiger partial charge is 0.419 e. The highest BCUT2D eigenvalue weighted by Crippen LogP contribution is 2.28. The highest BCUT2D eigenvalue weighted by atomic mass is 19.4. The van der Waals surface area contributed by atoms with Crippen LogP contribution in [0.25, 0.3) is 0 Å². The lowest BCUT2D eigenvalue weighted by Gasteiger charge is -2.31. The van der Waals surface area contributed by atoms with Crippen LogP contribution < -0.4 is 20.1 Å². The summed E-state index contributed by atoms with van der Waals surface area (Å²) in [6.45, 7) is 5.97. The summed E-state index contributed by atoms with van der Waals surface area (Å²) in [6, 6.07) is 8.98. The molecule has 2 heterocycles. The molecular weight excluding hydrogens is 397 g/mol. The molecule has 3 rings (SSSR count). The number of alkyl halides is 3. The van der Waals surface area contributed by atoms with Crippen LogP contribution in [-0.4, -0.2) is 43.9 Å². The van der Waals surface area contributed by atoms with E-state index in [2.05, 4.69) is 10.3 Å². The summed E-state index contributed by atoms with van der Waals surface area (Å²) in [5.74, 6) is 0.480. The number of Topliss-reactive ketones (excluding diaryl/α,β-unsaturated/α-hetero) is 1. The van der Waals surface area contributed by atoms with Crippen molar-refractivity contribution in [1.29, 1.82) is 0 Å². The minimum atomic E-state index is -4.37. The Bertz CT molecular complexity index is 890. The number of hydrogen-bond donors (Lipinski definition) is 2. The van der Waals surface area contributed by atoms with E-state index in [4.69, 9.17) is 0 Å². The number of benzene rings is 1. The Morgan fingerprint density at radius 3 is 2.23 bits per heavy atom. The van der Waals surface area contributed by atoms with Crippen LogP contribution in [0.15, 0.2) is 42.6 Å². The van der Waals surface area contributed by atoms with Crippen LogP contribution in [0.4, 0.5) is 24.7 Å². The summed E-state index contributed by atoms with van der Waals surface area (Å²) in [6.07, 6.45) is -3.39. The van der Waals surface area contributed by atoms with E-state index in [-0.39, 0.29) is 17.7 Å². The number of anilines is 2. The Kier molecular flexibility index (Phi) is 6.40. The van der Waals surface area contributed by atoms with Crippen molar-refractivity contribution in [2.75, 3.05) is 36.4 Å². The summed E-state index contributed by atoms with van der Waals surface area (Å²) >= 11 is 0. The second-order valence-corrected chi connectivity index (χ2v) is 7.45. The molecule has 1 aromatic carbocycles. The number of nitrogens with one attached hydrogen (secondary N) is 3. The Hall–Kier alpha value is -2.94. The minimum absolute atomic E-state index is 0.0335. The van der Waals surface area contributed by atoms with E-state index in [0.717, 1.165) is 17.2 Å². The minimum Gasteiger partial charge on any atom is -0.321 e. The van der Waals surface area contributed by atoms with Gasteiger partial charge in [-0.3, -0.25) is 14.5 Å². The molecule has 0 radical (unpaired) electrons. The number of ketones is 1. The fourth-order valence-corrected chi connectivity index (χ4v) is 3.48. The van der Waals surface area contributed by atoms with E-state index in [1.54, 1.807) is 24.3 Å². The van der Waals surface area contributed by atoms with Crippen molar-refractivity contribution in [2.24, 2.45) is 0 Å². The lowest BCUT2D eigenvalue weighted by atomic mass is 10.1. The van der Waals surface area contributed by atoms with Gasteiger partial charge in [0, 0.05) is 17.3 Å². The zero-order chi connectivity index (χ0) is 21.9. The zero-order valence-electron chi connectivity index (χ0n) is 16.8. The number of nitrogens with zero attached hydrogens (tertiary/aromatic N) is 1. The monoisotopic (exact) mass is 422 g/mol. The first-order valence-electron chi connectivity index (χ1n) is 9.75. The van der Waals surface area contributed by atoms with E-state index in [1.807, 2.05) is 11.8 Å². The normalized spacial score (nSPS) is 16.2. The first kappa shape index (κ1) is 21.8. The molecule has 0 aliphatic carbocycles. The van der Waals surface area contributed by atoms with Crippen molar-refractivity contribution >= 4 is 23.2 Å². The van der Waals surface area contributed by atoms with Crippen molar-refractivity contribution in [3.8, 4) is 0 Å². The van der Waals surface area contributed by atoms with Gasteiger partial charge in [-0.05, 0) is 44.2 Å². The van der Waals surface area contributed by atoms with Gasteiger partial charge < -0.3 is 10.2 Å². The van der Waals surface area contributed by atoms with Crippen molar-refractivity contribution < 1.29 is 32.6 Å². The highest BCUT2D eigenvalue weighted by molar-refractivity contribution is 5.96. The van der Waals surface area contributed by atoms with Crippen LogP contribution in [0.3, 0.4) is 0 Å². The molecule has 0 spiro atoms. The number of H-pyrrole nitrogens is 1. The van der Waals surface area contributed by atoms with E-state index < -0.39 is 11.7 Å². The summed E-state index contributed by atoms with van der Waals surface area (Å²) < 4.78 is 38.1. The lowest BCUT2D eigenvalue weighted by Crippen LogP contribution is -3.19. The van der Waals surface area contributed by atoms with Gasteiger partial charge in [0.05, 0.1) is 5.56 Å². The number of halogens is 3. The maximum atomic E-state index is 12.7. The maximum absolute atomic E-state index is 12.7. The molecule has 6 nitrogen and oxygen atoms in total. The second-order valence-electron chi connectivity index (χ2n) is 7.45. The van der Waals surface area contributed by atoms with Gasteiger partial charge in [-0.15, -0.1) is 0 Å². The van der Waals surface area contributed by atoms with E-state index in [9.17, 15) is 22.8 Å². The molecule has 1 aliphatic rings. The molecule has 1 atom stereocenters. The van der Waals surface area contributed by atoms with Crippen LogP contribution in [0.1, 0.15) is 29.8 Å². The quantitative estimate of drug-likeness (QED) is 0.717. The fraction of sp³-hybridized carbons (Fsp3) is 0.381. The molecular formula is C21H25F3N4O2+2. The predicted molar refractivity (Wildman–Crippen MR) is 105 cm³/mol. The average molecular weight is 422 g/mol. The van der Waals surface area contributed by atoms with Crippen molar-refractivity contribution in [1.82, 2.24) is 0 Å². The summed E-state index contributed by atoms with van der Waals surface area (Å²) in [5, 5.41) is 2.87. The fourth-order valence-electron chi connectivity index (χ4n) is 3.48. The standard InChI is InChI=1S/C21H23F3N4O2/c1-14(20(30)26-18-6-3-16(4-7-18)15(2)29)27-9-11-28(12-10-27)19-8-5-17(13-25-19)21(22,23)24/h3-8,13-14H,9-12H2,1-2H3,(H,26,30)/p+2/t14-/m0/s1. The number of carbonyl (C=O) groups is 2. The third-order valence-electron chi connectivity index (χ3n) is 5.43. The number of pyridine rings is 1. The van der Waals surface area contributed by atoms with Gasteiger partial charge in [0.2, 0.25) is 0 Å². The highest BCUT2D eigenvalue weighted by Gasteiger charge is 2.34. The Morgan fingerprint density at radius 2 is 1.73 bits per heavy atom. The van der Waals surface area contributed by atoms with E-state index >= 15 is 0 Å². The van der Waals surface area contributed by atoms with Crippen molar-refractivity contribution in [3.05, 3.63) is 53.7 Å². The molecule has 0 bridgehead atoms. The number of amides is 1. The number of rotatable bonds is 5. The average Bonchev–Trinajstić information content (AvgIpc) is 2.73. The SMILES string of the molecule is CC(=O)c1ccc(NC(=O)[C@H](C)[NH+]2CCN(c3ccc(C(F)(F)F)c[nH+]3)CC2)cc1. The molecule has 1 fully saturated rings. The molecule has 1 aromatic heterocycles. The van der Waals surface area contributed by atoms with Crippen LogP contribution >= 0.6 is 0 Å².